The standard InChI is InChI=1S/C9H16ClNOS/c10-5-9-7-13-4-2-11(9)8-1-3-12-6-8/h8-9H,1-7H2. The monoisotopic (exact) mass is 221 g/mol. The van der Waals surface area contributed by atoms with Crippen LogP contribution >= 0.6 is 23.4 Å². The molecule has 2 aliphatic rings. The van der Waals surface area contributed by atoms with Crippen LogP contribution in [-0.2, 0) is 4.74 Å². The predicted octanol–water partition coefficient (Wildman–Crippen LogP) is 1.43. The fraction of sp³-hybridized carbons (Fsp3) is 1.00. The first kappa shape index (κ1) is 10.1. The highest BCUT2D eigenvalue weighted by Crippen LogP contribution is 2.23. The topological polar surface area (TPSA) is 12.5 Å². The lowest BCUT2D eigenvalue weighted by Gasteiger charge is -2.37. The lowest BCUT2D eigenvalue weighted by Crippen LogP contribution is -2.49. The zero-order valence-electron chi connectivity index (χ0n) is 7.75. The van der Waals surface area contributed by atoms with E-state index in [4.69, 9.17) is 16.3 Å². The molecule has 0 aromatic rings. The van der Waals surface area contributed by atoms with E-state index in [1.165, 1.54) is 24.5 Å². The molecule has 2 fully saturated rings. The van der Waals surface area contributed by atoms with Gasteiger partial charge in [-0.05, 0) is 6.42 Å². The molecule has 4 heteroatoms. The van der Waals surface area contributed by atoms with Gasteiger partial charge in [0.25, 0.3) is 0 Å². The second-order valence-electron chi connectivity index (χ2n) is 3.64. The molecule has 2 aliphatic heterocycles. The van der Waals surface area contributed by atoms with Gasteiger partial charge in [0.1, 0.15) is 0 Å². The quantitative estimate of drug-likeness (QED) is 0.655. The Morgan fingerprint density at radius 2 is 2.46 bits per heavy atom. The molecule has 13 heavy (non-hydrogen) atoms. The summed E-state index contributed by atoms with van der Waals surface area (Å²) in [6, 6.07) is 1.22. The van der Waals surface area contributed by atoms with Crippen molar-refractivity contribution in [3.8, 4) is 0 Å². The highest BCUT2D eigenvalue weighted by molar-refractivity contribution is 7.99. The minimum atomic E-state index is 0.576. The van der Waals surface area contributed by atoms with Crippen molar-refractivity contribution in [1.82, 2.24) is 4.90 Å². The highest BCUT2D eigenvalue weighted by atomic mass is 35.5. The molecule has 0 aromatic heterocycles. The molecule has 0 bridgehead atoms. The van der Waals surface area contributed by atoms with Gasteiger partial charge in [-0.3, -0.25) is 4.90 Å². The zero-order chi connectivity index (χ0) is 9.10. The SMILES string of the molecule is ClCC1CSCCN1C1CCOC1. The van der Waals surface area contributed by atoms with Gasteiger partial charge in [0.15, 0.2) is 0 Å². The summed E-state index contributed by atoms with van der Waals surface area (Å²) in [5.74, 6) is 3.22. The van der Waals surface area contributed by atoms with Gasteiger partial charge in [-0.2, -0.15) is 11.8 Å². The maximum absolute atomic E-state index is 5.96. The molecule has 0 aromatic carbocycles. The normalized spacial score (nSPS) is 36.7. The number of hydrogen-bond donors (Lipinski definition) is 0. The van der Waals surface area contributed by atoms with Gasteiger partial charge in [0.05, 0.1) is 6.61 Å². The van der Waals surface area contributed by atoms with Crippen molar-refractivity contribution < 1.29 is 4.74 Å². The molecule has 76 valence electrons. The van der Waals surface area contributed by atoms with Crippen molar-refractivity contribution in [2.45, 2.75) is 18.5 Å². The highest BCUT2D eigenvalue weighted by Gasteiger charge is 2.30. The Labute approximate surface area is 88.9 Å². The number of rotatable bonds is 2. The largest absolute Gasteiger partial charge is 0.380 e. The molecular weight excluding hydrogens is 206 g/mol. The first-order valence-electron chi connectivity index (χ1n) is 4.89. The lowest BCUT2D eigenvalue weighted by atomic mass is 10.1. The number of hydrogen-bond acceptors (Lipinski definition) is 3. The maximum Gasteiger partial charge on any atom is 0.0622 e. The average molecular weight is 222 g/mol. The van der Waals surface area contributed by atoms with Crippen molar-refractivity contribution >= 4 is 23.4 Å². The van der Waals surface area contributed by atoms with E-state index < -0.39 is 0 Å². The van der Waals surface area contributed by atoms with E-state index in [1.54, 1.807) is 0 Å². The van der Waals surface area contributed by atoms with Crippen molar-refractivity contribution in [1.29, 1.82) is 0 Å². The van der Waals surface area contributed by atoms with Crippen LogP contribution in [0.25, 0.3) is 0 Å². The minimum Gasteiger partial charge on any atom is -0.380 e. The molecule has 0 N–H and O–H groups in total. The van der Waals surface area contributed by atoms with Crippen LogP contribution in [0.4, 0.5) is 0 Å². The molecule has 0 amide bonds. The van der Waals surface area contributed by atoms with E-state index in [2.05, 4.69) is 4.90 Å². The summed E-state index contributed by atoms with van der Waals surface area (Å²) in [5, 5.41) is 0. The van der Waals surface area contributed by atoms with Gasteiger partial charge >= 0.3 is 0 Å². The average Bonchev–Trinajstić information content (AvgIpc) is 2.70. The number of halogens is 1. The van der Waals surface area contributed by atoms with Gasteiger partial charge in [-0.15, -0.1) is 11.6 Å². The fourth-order valence-corrected chi connectivity index (χ4v) is 3.57. The Hall–Kier alpha value is 0.560. The third kappa shape index (κ3) is 2.32. The van der Waals surface area contributed by atoms with Crippen molar-refractivity contribution in [2.75, 3.05) is 37.1 Å². The molecule has 2 rings (SSSR count). The molecule has 2 heterocycles. The van der Waals surface area contributed by atoms with Crippen LogP contribution in [0, 0.1) is 0 Å². The molecule has 0 saturated carbocycles. The van der Waals surface area contributed by atoms with Gasteiger partial charge in [0, 0.05) is 42.6 Å². The Morgan fingerprint density at radius 1 is 1.54 bits per heavy atom. The summed E-state index contributed by atoms with van der Waals surface area (Å²) in [6.07, 6.45) is 1.19. The fourth-order valence-electron chi connectivity index (χ4n) is 2.07. The lowest BCUT2D eigenvalue weighted by molar-refractivity contribution is 0.127. The van der Waals surface area contributed by atoms with Crippen LogP contribution in [0.2, 0.25) is 0 Å². The Morgan fingerprint density at radius 3 is 3.15 bits per heavy atom. The summed E-state index contributed by atoms with van der Waals surface area (Å²) >= 11 is 7.98. The van der Waals surface area contributed by atoms with Gasteiger partial charge in [0.2, 0.25) is 0 Å². The van der Waals surface area contributed by atoms with Crippen LogP contribution in [0.15, 0.2) is 0 Å². The second kappa shape index (κ2) is 4.87. The number of ether oxygens (including phenoxy) is 1. The first-order valence-corrected chi connectivity index (χ1v) is 6.58. The second-order valence-corrected chi connectivity index (χ2v) is 5.10. The summed E-state index contributed by atoms with van der Waals surface area (Å²) in [6.45, 7) is 3.04. The van der Waals surface area contributed by atoms with Gasteiger partial charge in [-0.1, -0.05) is 0 Å². The van der Waals surface area contributed by atoms with E-state index in [9.17, 15) is 0 Å². The van der Waals surface area contributed by atoms with Crippen molar-refractivity contribution in [3.63, 3.8) is 0 Å². The molecule has 2 unspecified atom stereocenters. The molecule has 0 aliphatic carbocycles. The number of thioether (sulfide) groups is 1. The van der Waals surface area contributed by atoms with Crippen LogP contribution in [0.1, 0.15) is 6.42 Å². The maximum atomic E-state index is 5.96. The van der Waals surface area contributed by atoms with Gasteiger partial charge < -0.3 is 4.74 Å². The van der Waals surface area contributed by atoms with E-state index in [-0.39, 0.29) is 0 Å². The molecule has 2 saturated heterocycles. The summed E-state index contributed by atoms with van der Waals surface area (Å²) < 4.78 is 5.41. The van der Waals surface area contributed by atoms with Crippen molar-refractivity contribution in [3.05, 3.63) is 0 Å². The zero-order valence-corrected chi connectivity index (χ0v) is 9.32. The molecule has 2 nitrogen and oxygen atoms in total. The molecular formula is C9H16ClNOS. The van der Waals surface area contributed by atoms with Crippen molar-refractivity contribution in [2.24, 2.45) is 0 Å². The van der Waals surface area contributed by atoms with Gasteiger partial charge in [-0.25, -0.2) is 0 Å². The summed E-state index contributed by atoms with van der Waals surface area (Å²) in [4.78, 5) is 2.55. The Bertz CT molecular complexity index is 162. The van der Waals surface area contributed by atoms with E-state index in [0.717, 1.165) is 19.1 Å². The molecule has 2 atom stereocenters. The summed E-state index contributed by atoms with van der Waals surface area (Å²) in [7, 11) is 0. The molecule has 0 spiro atoms. The van der Waals surface area contributed by atoms with E-state index >= 15 is 0 Å². The summed E-state index contributed by atoms with van der Waals surface area (Å²) in [5.41, 5.74) is 0. The minimum absolute atomic E-state index is 0.576. The Balaban J connectivity index is 1.93. The van der Waals surface area contributed by atoms with Crippen LogP contribution < -0.4 is 0 Å². The van der Waals surface area contributed by atoms with Crippen LogP contribution in [0.5, 0.6) is 0 Å². The number of alkyl halides is 1. The van der Waals surface area contributed by atoms with E-state index in [0.29, 0.717) is 12.1 Å². The third-order valence-corrected chi connectivity index (χ3v) is 4.27. The van der Waals surface area contributed by atoms with E-state index in [1.807, 2.05) is 11.8 Å². The van der Waals surface area contributed by atoms with Crippen LogP contribution in [0.3, 0.4) is 0 Å². The smallest absolute Gasteiger partial charge is 0.0622 e. The van der Waals surface area contributed by atoms with Crippen LogP contribution in [-0.4, -0.2) is 54.1 Å². The first-order chi connectivity index (χ1) is 6.42. The number of nitrogens with zero attached hydrogens (tertiary/aromatic N) is 1. The Kier molecular flexibility index (Phi) is 3.78. The molecule has 0 radical (unpaired) electrons. The third-order valence-electron chi connectivity index (χ3n) is 2.83. The predicted molar refractivity (Wildman–Crippen MR) is 57.8 cm³/mol.